The molecule has 28 heavy (non-hydrogen) atoms. The van der Waals surface area contributed by atoms with E-state index in [0.29, 0.717) is 44.7 Å². The van der Waals surface area contributed by atoms with Crippen LogP contribution in [-0.4, -0.2) is 44.9 Å². The summed E-state index contributed by atoms with van der Waals surface area (Å²) in [5, 5.41) is 6.62. The Morgan fingerprint density at radius 2 is 1.86 bits per heavy atom. The van der Waals surface area contributed by atoms with Gasteiger partial charge >= 0.3 is 0 Å². The Morgan fingerprint density at radius 3 is 2.57 bits per heavy atom. The maximum absolute atomic E-state index is 5.74. The van der Waals surface area contributed by atoms with E-state index in [1.807, 2.05) is 19.1 Å². The van der Waals surface area contributed by atoms with Gasteiger partial charge in [-0.25, -0.2) is 4.98 Å². The average Bonchev–Trinajstić information content (AvgIpc) is 2.71. The molecule has 0 radical (unpaired) electrons. The van der Waals surface area contributed by atoms with Gasteiger partial charge in [0.15, 0.2) is 5.96 Å². The van der Waals surface area contributed by atoms with E-state index in [1.165, 1.54) is 5.56 Å². The van der Waals surface area contributed by atoms with Crippen molar-refractivity contribution < 1.29 is 14.2 Å². The van der Waals surface area contributed by atoms with Crippen LogP contribution >= 0.6 is 0 Å². The molecule has 0 saturated carbocycles. The number of pyridine rings is 1. The van der Waals surface area contributed by atoms with E-state index in [-0.39, 0.29) is 0 Å². The molecule has 1 aromatic carbocycles. The fourth-order valence-electron chi connectivity index (χ4n) is 2.59. The van der Waals surface area contributed by atoms with Crippen molar-refractivity contribution in [3.63, 3.8) is 0 Å². The second-order valence-corrected chi connectivity index (χ2v) is 6.13. The van der Waals surface area contributed by atoms with E-state index in [1.54, 1.807) is 20.4 Å². The molecule has 2 N–H and O–H groups in total. The van der Waals surface area contributed by atoms with Crippen molar-refractivity contribution in [1.82, 2.24) is 15.6 Å². The predicted molar refractivity (Wildman–Crippen MR) is 111 cm³/mol. The summed E-state index contributed by atoms with van der Waals surface area (Å²) >= 11 is 0. The summed E-state index contributed by atoms with van der Waals surface area (Å²) in [5.74, 6) is 2.18. The number of ether oxygens (including phenoxy) is 3. The van der Waals surface area contributed by atoms with Crippen LogP contribution in [-0.2, 0) is 17.8 Å². The minimum Gasteiger partial charge on any atom is -0.494 e. The van der Waals surface area contributed by atoms with Gasteiger partial charge in [-0.15, -0.1) is 0 Å². The van der Waals surface area contributed by atoms with Gasteiger partial charge < -0.3 is 24.8 Å². The summed E-state index contributed by atoms with van der Waals surface area (Å²) in [6.45, 7) is 6.81. The summed E-state index contributed by atoms with van der Waals surface area (Å²) in [4.78, 5) is 8.58. The first-order valence-electron chi connectivity index (χ1n) is 9.40. The molecule has 7 nitrogen and oxygen atoms in total. The second kappa shape index (κ2) is 11.8. The number of aromatic nitrogens is 1. The number of guanidine groups is 1. The lowest BCUT2D eigenvalue weighted by atomic mass is 10.1. The number of hydrogen-bond acceptors (Lipinski definition) is 5. The molecule has 0 amide bonds. The molecule has 0 unspecified atom stereocenters. The van der Waals surface area contributed by atoms with E-state index in [0.717, 1.165) is 16.9 Å². The van der Waals surface area contributed by atoms with Gasteiger partial charge in [0.2, 0.25) is 5.88 Å². The van der Waals surface area contributed by atoms with Gasteiger partial charge in [-0.2, -0.15) is 0 Å². The van der Waals surface area contributed by atoms with Crippen LogP contribution < -0.4 is 20.1 Å². The largest absolute Gasteiger partial charge is 0.494 e. The Morgan fingerprint density at radius 1 is 1.07 bits per heavy atom. The zero-order valence-electron chi connectivity index (χ0n) is 17.1. The van der Waals surface area contributed by atoms with Crippen molar-refractivity contribution in [2.24, 2.45) is 4.99 Å². The highest BCUT2D eigenvalue weighted by atomic mass is 16.5. The third-order valence-electron chi connectivity index (χ3n) is 4.01. The molecule has 0 aliphatic heterocycles. The standard InChI is InChI=1S/C21H30N4O3/c1-5-27-19-13-16(2)8-9-17(19)14-24-21(22-3)25-15-18-7-6-10-23-20(18)28-12-11-26-4/h6-10,13H,5,11-12,14-15H2,1-4H3,(H2,22,24,25). The van der Waals surface area contributed by atoms with Crippen molar-refractivity contribution in [3.05, 3.63) is 53.2 Å². The fraction of sp³-hybridized carbons (Fsp3) is 0.429. The monoisotopic (exact) mass is 386 g/mol. The Balaban J connectivity index is 1.94. The first-order chi connectivity index (χ1) is 13.7. The van der Waals surface area contributed by atoms with Crippen molar-refractivity contribution in [3.8, 4) is 11.6 Å². The summed E-state index contributed by atoms with van der Waals surface area (Å²) in [6, 6.07) is 10.1. The van der Waals surface area contributed by atoms with Gasteiger partial charge in [0.25, 0.3) is 0 Å². The lowest BCUT2D eigenvalue weighted by molar-refractivity contribution is 0.143. The minimum absolute atomic E-state index is 0.459. The normalized spacial score (nSPS) is 11.2. The van der Waals surface area contributed by atoms with Gasteiger partial charge in [0.05, 0.1) is 13.2 Å². The third kappa shape index (κ3) is 6.74. The molecule has 0 aliphatic carbocycles. The Hall–Kier alpha value is -2.80. The smallest absolute Gasteiger partial charge is 0.218 e. The van der Waals surface area contributed by atoms with E-state index >= 15 is 0 Å². The molecule has 0 spiro atoms. The van der Waals surface area contributed by atoms with Crippen LogP contribution in [0.5, 0.6) is 11.6 Å². The fourth-order valence-corrected chi connectivity index (χ4v) is 2.59. The minimum atomic E-state index is 0.459. The summed E-state index contributed by atoms with van der Waals surface area (Å²) in [7, 11) is 3.39. The number of nitrogens with one attached hydrogen (secondary N) is 2. The zero-order valence-corrected chi connectivity index (χ0v) is 17.1. The molecule has 2 rings (SSSR count). The van der Waals surface area contributed by atoms with Crippen LogP contribution in [0.4, 0.5) is 0 Å². The molecule has 1 heterocycles. The number of rotatable bonds is 10. The van der Waals surface area contributed by atoms with Crippen LogP contribution in [0.3, 0.4) is 0 Å². The van der Waals surface area contributed by atoms with Crippen LogP contribution in [0.2, 0.25) is 0 Å². The Kier molecular flexibility index (Phi) is 9.07. The van der Waals surface area contributed by atoms with Crippen LogP contribution in [0.1, 0.15) is 23.6 Å². The Labute approximate surface area is 167 Å². The number of methoxy groups -OCH3 is 1. The van der Waals surface area contributed by atoms with Crippen molar-refractivity contribution >= 4 is 5.96 Å². The molecule has 152 valence electrons. The maximum Gasteiger partial charge on any atom is 0.218 e. The number of hydrogen-bond donors (Lipinski definition) is 2. The summed E-state index contributed by atoms with van der Waals surface area (Å²) in [5.41, 5.74) is 3.21. The van der Waals surface area contributed by atoms with Crippen molar-refractivity contribution in [2.75, 3.05) is 34.0 Å². The maximum atomic E-state index is 5.74. The zero-order chi connectivity index (χ0) is 20.2. The molecule has 0 atom stereocenters. The highest BCUT2D eigenvalue weighted by molar-refractivity contribution is 5.79. The number of aliphatic imine (C=N–C) groups is 1. The SMILES string of the molecule is CCOc1cc(C)ccc1CNC(=NC)NCc1cccnc1OCCOC. The van der Waals surface area contributed by atoms with Gasteiger partial charge in [0.1, 0.15) is 12.4 Å². The van der Waals surface area contributed by atoms with Gasteiger partial charge in [-0.3, -0.25) is 4.99 Å². The number of benzene rings is 1. The molecule has 0 saturated heterocycles. The van der Waals surface area contributed by atoms with Gasteiger partial charge in [-0.1, -0.05) is 18.2 Å². The van der Waals surface area contributed by atoms with E-state index < -0.39 is 0 Å². The quantitative estimate of drug-likeness (QED) is 0.371. The lowest BCUT2D eigenvalue weighted by Gasteiger charge is -2.16. The third-order valence-corrected chi connectivity index (χ3v) is 4.01. The summed E-state index contributed by atoms with van der Waals surface area (Å²) in [6.07, 6.45) is 1.71. The summed E-state index contributed by atoms with van der Waals surface area (Å²) < 4.78 is 16.4. The number of aryl methyl sites for hydroxylation is 1. The predicted octanol–water partition coefficient (Wildman–Crippen LogP) is 2.68. The highest BCUT2D eigenvalue weighted by Crippen LogP contribution is 2.20. The molecular formula is C21H30N4O3. The number of nitrogens with zero attached hydrogens (tertiary/aromatic N) is 2. The molecule has 2 aromatic rings. The first kappa shape index (κ1) is 21.5. The van der Waals surface area contributed by atoms with E-state index in [9.17, 15) is 0 Å². The Bertz CT molecular complexity index is 765. The molecule has 0 bridgehead atoms. The van der Waals surface area contributed by atoms with Crippen molar-refractivity contribution in [2.45, 2.75) is 26.9 Å². The van der Waals surface area contributed by atoms with Gasteiger partial charge in [0, 0.05) is 44.6 Å². The first-order valence-corrected chi connectivity index (χ1v) is 9.40. The van der Waals surface area contributed by atoms with Crippen LogP contribution in [0, 0.1) is 6.92 Å². The molecule has 0 aliphatic rings. The second-order valence-electron chi connectivity index (χ2n) is 6.13. The molecule has 7 heteroatoms. The molecule has 0 fully saturated rings. The lowest BCUT2D eigenvalue weighted by Crippen LogP contribution is -2.36. The average molecular weight is 386 g/mol. The topological polar surface area (TPSA) is 77.0 Å². The van der Waals surface area contributed by atoms with Crippen LogP contribution in [0.15, 0.2) is 41.5 Å². The van der Waals surface area contributed by atoms with E-state index in [2.05, 4.69) is 45.7 Å². The van der Waals surface area contributed by atoms with E-state index in [4.69, 9.17) is 14.2 Å². The van der Waals surface area contributed by atoms with Crippen molar-refractivity contribution in [1.29, 1.82) is 0 Å². The van der Waals surface area contributed by atoms with Gasteiger partial charge in [-0.05, 0) is 31.5 Å². The highest BCUT2D eigenvalue weighted by Gasteiger charge is 2.08. The molecular weight excluding hydrogens is 356 g/mol. The molecule has 1 aromatic heterocycles. The van der Waals surface area contributed by atoms with Crippen LogP contribution in [0.25, 0.3) is 0 Å².